The minimum Gasteiger partial charge on any atom is -0.266 e. The zero-order chi connectivity index (χ0) is 11.8. The molecule has 0 aliphatic carbocycles. The highest BCUT2D eigenvalue weighted by molar-refractivity contribution is 9.10. The summed E-state index contributed by atoms with van der Waals surface area (Å²) >= 11 is 8.25. The normalized spacial score (nSPS) is 14.0. The Morgan fingerprint density at radius 1 is 1.60 bits per heavy atom. The van der Waals surface area contributed by atoms with Crippen LogP contribution in [0.2, 0.25) is 5.15 Å². The van der Waals surface area contributed by atoms with Crippen LogP contribution in [0.5, 0.6) is 0 Å². The standard InChI is InChI=1S/C7H5BrClF3N2O/c1-3(7(10,11)12)14-6(15)4(8)2-5(9)13-14/h2-3H,1H3. The fourth-order valence-corrected chi connectivity index (χ4v) is 1.57. The molecule has 1 rings (SSSR count). The van der Waals surface area contributed by atoms with Crippen LogP contribution in [0.4, 0.5) is 13.2 Å². The second kappa shape index (κ2) is 4.13. The Hall–Kier alpha value is -0.560. The first kappa shape index (κ1) is 12.5. The van der Waals surface area contributed by atoms with Crippen molar-refractivity contribution in [2.75, 3.05) is 0 Å². The third kappa shape index (κ3) is 2.72. The number of alkyl halides is 3. The molecule has 0 N–H and O–H groups in total. The van der Waals surface area contributed by atoms with Crippen LogP contribution in [0.15, 0.2) is 15.3 Å². The molecule has 1 unspecified atom stereocenters. The molecule has 0 saturated carbocycles. The predicted molar refractivity (Wildman–Crippen MR) is 52.0 cm³/mol. The van der Waals surface area contributed by atoms with Gasteiger partial charge in [-0.2, -0.15) is 18.3 Å². The summed E-state index contributed by atoms with van der Waals surface area (Å²) < 4.78 is 37.2. The summed E-state index contributed by atoms with van der Waals surface area (Å²) in [4.78, 5) is 11.3. The van der Waals surface area contributed by atoms with E-state index in [9.17, 15) is 18.0 Å². The van der Waals surface area contributed by atoms with Gasteiger partial charge in [-0.1, -0.05) is 11.6 Å². The van der Waals surface area contributed by atoms with Crippen LogP contribution < -0.4 is 5.56 Å². The van der Waals surface area contributed by atoms with E-state index in [2.05, 4.69) is 21.0 Å². The highest BCUT2D eigenvalue weighted by Gasteiger charge is 2.39. The molecule has 3 nitrogen and oxygen atoms in total. The Kier molecular flexibility index (Phi) is 3.44. The van der Waals surface area contributed by atoms with Gasteiger partial charge in [-0.25, -0.2) is 4.68 Å². The zero-order valence-corrected chi connectivity index (χ0v) is 9.69. The molecule has 1 atom stereocenters. The Morgan fingerprint density at radius 2 is 2.13 bits per heavy atom. The maximum absolute atomic E-state index is 12.3. The molecule has 0 bridgehead atoms. The molecular formula is C7H5BrClF3N2O. The van der Waals surface area contributed by atoms with Crippen LogP contribution in [-0.2, 0) is 0 Å². The Labute approximate surface area is 96.0 Å². The molecule has 0 fully saturated rings. The third-order valence-corrected chi connectivity index (χ3v) is 2.45. The van der Waals surface area contributed by atoms with E-state index in [1.165, 1.54) is 0 Å². The first-order valence-corrected chi connectivity index (χ1v) is 4.92. The lowest BCUT2D eigenvalue weighted by molar-refractivity contribution is -0.166. The van der Waals surface area contributed by atoms with Crippen molar-refractivity contribution in [3.63, 3.8) is 0 Å². The average molecular weight is 305 g/mol. The Bertz CT molecular complexity index is 431. The molecule has 84 valence electrons. The Balaban J connectivity index is 3.32. The van der Waals surface area contributed by atoms with Crippen LogP contribution in [0.1, 0.15) is 13.0 Å². The summed E-state index contributed by atoms with van der Waals surface area (Å²) in [6, 6.07) is -0.872. The number of nitrogens with zero attached hydrogens (tertiary/aromatic N) is 2. The van der Waals surface area contributed by atoms with Crippen LogP contribution in [0.3, 0.4) is 0 Å². The van der Waals surface area contributed by atoms with Crippen molar-refractivity contribution in [1.82, 2.24) is 9.78 Å². The highest BCUT2D eigenvalue weighted by atomic mass is 79.9. The number of aromatic nitrogens is 2. The van der Waals surface area contributed by atoms with E-state index in [1.54, 1.807) is 0 Å². The molecule has 1 heterocycles. The fraction of sp³-hybridized carbons (Fsp3) is 0.429. The molecule has 8 heteroatoms. The van der Waals surface area contributed by atoms with Gasteiger partial charge in [-0.15, -0.1) is 0 Å². The van der Waals surface area contributed by atoms with E-state index < -0.39 is 17.8 Å². The first-order valence-electron chi connectivity index (χ1n) is 3.75. The summed E-state index contributed by atoms with van der Waals surface area (Å²) in [7, 11) is 0. The van der Waals surface area contributed by atoms with E-state index in [-0.39, 0.29) is 9.63 Å². The number of hydrogen-bond donors (Lipinski definition) is 0. The minimum atomic E-state index is -4.54. The number of rotatable bonds is 1. The van der Waals surface area contributed by atoms with E-state index in [1.807, 2.05) is 0 Å². The van der Waals surface area contributed by atoms with Gasteiger partial charge in [0.05, 0.1) is 4.47 Å². The summed E-state index contributed by atoms with van der Waals surface area (Å²) in [5, 5.41) is 3.14. The summed E-state index contributed by atoms with van der Waals surface area (Å²) in [5.74, 6) is 0. The summed E-state index contributed by atoms with van der Waals surface area (Å²) in [6.07, 6.45) is -4.54. The van der Waals surface area contributed by atoms with Gasteiger partial charge in [0.1, 0.15) is 6.04 Å². The molecule has 0 aliphatic heterocycles. The van der Waals surface area contributed by atoms with Gasteiger partial charge in [0.25, 0.3) is 5.56 Å². The SMILES string of the molecule is CC(n1nc(Cl)cc(Br)c1=O)C(F)(F)F. The van der Waals surface area contributed by atoms with Gasteiger partial charge in [-0.05, 0) is 28.9 Å². The fourth-order valence-electron chi connectivity index (χ4n) is 0.854. The van der Waals surface area contributed by atoms with E-state index in [4.69, 9.17) is 11.6 Å². The van der Waals surface area contributed by atoms with Gasteiger partial charge in [0.15, 0.2) is 5.15 Å². The highest BCUT2D eigenvalue weighted by Crippen LogP contribution is 2.28. The molecule has 0 aromatic carbocycles. The molecule has 0 spiro atoms. The molecule has 0 saturated heterocycles. The smallest absolute Gasteiger partial charge is 0.266 e. The second-order valence-corrected chi connectivity index (χ2v) is 4.02. The second-order valence-electron chi connectivity index (χ2n) is 2.78. The van der Waals surface area contributed by atoms with Crippen molar-refractivity contribution in [1.29, 1.82) is 0 Å². The van der Waals surface area contributed by atoms with Gasteiger partial charge >= 0.3 is 6.18 Å². The van der Waals surface area contributed by atoms with E-state index >= 15 is 0 Å². The topological polar surface area (TPSA) is 34.9 Å². The maximum atomic E-state index is 12.3. The van der Waals surface area contributed by atoms with Crippen LogP contribution in [-0.4, -0.2) is 16.0 Å². The van der Waals surface area contributed by atoms with Crippen LogP contribution in [0.25, 0.3) is 0 Å². The predicted octanol–water partition coefficient (Wildman–Crippen LogP) is 2.78. The third-order valence-electron chi connectivity index (χ3n) is 1.70. The lowest BCUT2D eigenvalue weighted by atomic mass is 10.3. The van der Waals surface area contributed by atoms with E-state index in [0.29, 0.717) is 4.68 Å². The van der Waals surface area contributed by atoms with Gasteiger partial charge in [-0.3, -0.25) is 4.79 Å². The van der Waals surface area contributed by atoms with E-state index in [0.717, 1.165) is 13.0 Å². The van der Waals surface area contributed by atoms with Gasteiger partial charge < -0.3 is 0 Å². The largest absolute Gasteiger partial charge is 0.410 e. The van der Waals surface area contributed by atoms with Gasteiger partial charge in [0, 0.05) is 0 Å². The van der Waals surface area contributed by atoms with Crippen LogP contribution in [0, 0.1) is 0 Å². The van der Waals surface area contributed by atoms with Gasteiger partial charge in [0.2, 0.25) is 0 Å². The number of hydrogen-bond acceptors (Lipinski definition) is 2. The number of halogens is 5. The monoisotopic (exact) mass is 304 g/mol. The average Bonchev–Trinajstić information content (AvgIpc) is 2.08. The molecule has 0 aliphatic rings. The summed E-state index contributed by atoms with van der Waals surface area (Å²) in [5.41, 5.74) is -0.871. The van der Waals surface area contributed by atoms with Crippen LogP contribution >= 0.6 is 27.5 Å². The summed E-state index contributed by atoms with van der Waals surface area (Å²) in [6.45, 7) is 0.831. The quantitative estimate of drug-likeness (QED) is 0.799. The zero-order valence-electron chi connectivity index (χ0n) is 7.35. The molecular weight excluding hydrogens is 300 g/mol. The molecule has 15 heavy (non-hydrogen) atoms. The molecule has 0 radical (unpaired) electrons. The van der Waals surface area contributed by atoms with Crippen molar-refractivity contribution in [2.45, 2.75) is 19.1 Å². The Morgan fingerprint density at radius 3 is 2.60 bits per heavy atom. The molecule has 1 aromatic heterocycles. The minimum absolute atomic E-state index is 0.0569. The lowest BCUT2D eigenvalue weighted by Gasteiger charge is -2.17. The lowest BCUT2D eigenvalue weighted by Crippen LogP contribution is -2.34. The van der Waals surface area contributed by atoms with Crippen molar-refractivity contribution in [3.05, 3.63) is 26.0 Å². The van der Waals surface area contributed by atoms with Crippen molar-refractivity contribution < 1.29 is 13.2 Å². The van der Waals surface area contributed by atoms with Crippen molar-refractivity contribution in [3.8, 4) is 0 Å². The first-order chi connectivity index (χ1) is 6.73. The maximum Gasteiger partial charge on any atom is 0.410 e. The van der Waals surface area contributed by atoms with Crippen molar-refractivity contribution in [2.24, 2.45) is 0 Å². The molecule has 1 aromatic rings. The molecule has 0 amide bonds. The van der Waals surface area contributed by atoms with Crippen molar-refractivity contribution >= 4 is 27.5 Å².